The maximum atomic E-state index is 12.7. The number of hydrogen-bond donors (Lipinski definition) is 2. The minimum absolute atomic E-state index is 0. The summed E-state index contributed by atoms with van der Waals surface area (Å²) < 4.78 is 32.5. The van der Waals surface area contributed by atoms with E-state index in [0.717, 1.165) is 30.7 Å². The van der Waals surface area contributed by atoms with Crippen LogP contribution < -0.4 is 14.9 Å². The van der Waals surface area contributed by atoms with Crippen LogP contribution in [0.4, 0.5) is 5.69 Å². The lowest BCUT2D eigenvalue weighted by molar-refractivity contribution is 0.130. The highest BCUT2D eigenvalue weighted by molar-refractivity contribution is 14.0. The van der Waals surface area contributed by atoms with E-state index in [4.69, 9.17) is 4.74 Å². The van der Waals surface area contributed by atoms with E-state index >= 15 is 0 Å². The van der Waals surface area contributed by atoms with Crippen molar-refractivity contribution in [2.24, 2.45) is 10.9 Å². The van der Waals surface area contributed by atoms with Crippen molar-refractivity contribution < 1.29 is 13.2 Å². The van der Waals surface area contributed by atoms with E-state index in [1.807, 2.05) is 31.2 Å². The molecule has 1 aromatic carbocycles. The van der Waals surface area contributed by atoms with Crippen LogP contribution >= 0.6 is 24.0 Å². The summed E-state index contributed by atoms with van der Waals surface area (Å²) in [5, 5.41) is 6.25. The van der Waals surface area contributed by atoms with Crippen LogP contribution in [0.15, 0.2) is 29.3 Å². The molecule has 7 nitrogen and oxygen atoms in total. The lowest BCUT2D eigenvalue weighted by atomic mass is 10.1. The Morgan fingerprint density at radius 3 is 2.72 bits per heavy atom. The van der Waals surface area contributed by atoms with Gasteiger partial charge in [-0.3, -0.25) is 9.30 Å². The highest BCUT2D eigenvalue weighted by Crippen LogP contribution is 2.29. The number of rotatable bonds is 11. The molecule has 0 unspecified atom stereocenters. The molecule has 0 aliphatic carbocycles. The molecule has 0 bridgehead atoms. The average molecular weight is 538 g/mol. The minimum atomic E-state index is -3.36. The van der Waals surface area contributed by atoms with Crippen molar-refractivity contribution in [3.63, 3.8) is 0 Å². The van der Waals surface area contributed by atoms with Crippen LogP contribution in [0.3, 0.4) is 0 Å². The second kappa shape index (κ2) is 13.3. The summed E-state index contributed by atoms with van der Waals surface area (Å²) in [6.45, 7) is 9.71. The van der Waals surface area contributed by atoms with Gasteiger partial charge in [0.15, 0.2) is 5.96 Å². The molecule has 1 aliphatic heterocycles. The van der Waals surface area contributed by atoms with Gasteiger partial charge in [0, 0.05) is 26.2 Å². The van der Waals surface area contributed by atoms with E-state index in [2.05, 4.69) is 29.5 Å². The Bertz CT molecular complexity index is 741. The number of hydrogen-bond acceptors (Lipinski definition) is 4. The lowest BCUT2D eigenvalue weighted by Gasteiger charge is -2.20. The normalized spacial score (nSPS) is 13.9. The van der Waals surface area contributed by atoms with Crippen LogP contribution in [-0.4, -0.2) is 59.5 Å². The second-order valence-electron chi connectivity index (χ2n) is 7.25. The summed E-state index contributed by atoms with van der Waals surface area (Å²) in [6.07, 6.45) is 1.81. The third kappa shape index (κ3) is 8.67. The predicted octanol–water partition coefficient (Wildman–Crippen LogP) is 2.61. The first kappa shape index (κ1) is 26.0. The van der Waals surface area contributed by atoms with Gasteiger partial charge in [-0.1, -0.05) is 32.0 Å². The molecule has 0 fully saturated rings. The second-order valence-corrected chi connectivity index (χ2v) is 9.26. The van der Waals surface area contributed by atoms with Crippen LogP contribution in [0.5, 0.6) is 0 Å². The number of nitrogens with one attached hydrogen (secondary N) is 2. The number of sulfonamides is 1. The fourth-order valence-electron chi connectivity index (χ4n) is 2.99. The van der Waals surface area contributed by atoms with Crippen LogP contribution in [0.1, 0.15) is 32.8 Å². The molecule has 0 atom stereocenters. The van der Waals surface area contributed by atoms with Crippen LogP contribution in [0.2, 0.25) is 0 Å². The zero-order valence-corrected chi connectivity index (χ0v) is 20.8. The quantitative estimate of drug-likeness (QED) is 0.196. The number of anilines is 1. The molecule has 0 spiro atoms. The number of benzene rings is 1. The first-order valence-corrected chi connectivity index (χ1v) is 11.7. The Hall–Kier alpha value is -1.07. The van der Waals surface area contributed by atoms with E-state index in [9.17, 15) is 8.42 Å². The molecular formula is C20H35IN4O3S. The summed E-state index contributed by atoms with van der Waals surface area (Å²) in [5.41, 5.74) is 1.90. The first-order chi connectivity index (χ1) is 13.4. The Balaban J connectivity index is 0.00000420. The largest absolute Gasteiger partial charge is 0.380 e. The number of guanidine groups is 1. The summed E-state index contributed by atoms with van der Waals surface area (Å²) >= 11 is 0. The van der Waals surface area contributed by atoms with Crippen molar-refractivity contribution >= 4 is 45.6 Å². The third-order valence-corrected chi connectivity index (χ3v) is 6.29. The van der Waals surface area contributed by atoms with Crippen molar-refractivity contribution in [2.75, 3.05) is 49.5 Å². The van der Waals surface area contributed by atoms with Gasteiger partial charge in [-0.2, -0.15) is 0 Å². The fourth-order valence-corrected chi connectivity index (χ4v) is 4.42. The maximum absolute atomic E-state index is 12.7. The van der Waals surface area contributed by atoms with Gasteiger partial charge in [-0.05, 0) is 37.3 Å². The number of fused-ring (bicyclic) bond motifs is 1. The Morgan fingerprint density at radius 2 is 2.00 bits per heavy atom. The zero-order chi connectivity index (χ0) is 20.4. The monoisotopic (exact) mass is 538 g/mol. The van der Waals surface area contributed by atoms with Crippen molar-refractivity contribution in [2.45, 2.75) is 33.6 Å². The van der Waals surface area contributed by atoms with Gasteiger partial charge in [0.2, 0.25) is 10.0 Å². The minimum Gasteiger partial charge on any atom is -0.380 e. The number of nitrogens with zero attached hydrogens (tertiary/aromatic N) is 2. The summed E-state index contributed by atoms with van der Waals surface area (Å²) in [7, 11) is -3.36. The van der Waals surface area contributed by atoms with E-state index in [0.29, 0.717) is 44.7 Å². The Labute approximate surface area is 192 Å². The van der Waals surface area contributed by atoms with Gasteiger partial charge in [0.1, 0.15) is 0 Å². The van der Waals surface area contributed by atoms with E-state index < -0.39 is 10.0 Å². The molecule has 29 heavy (non-hydrogen) atoms. The van der Waals surface area contributed by atoms with Crippen LogP contribution in [-0.2, 0) is 21.2 Å². The zero-order valence-electron chi connectivity index (χ0n) is 17.7. The lowest BCUT2D eigenvalue weighted by Crippen LogP contribution is -2.42. The topological polar surface area (TPSA) is 83.0 Å². The van der Waals surface area contributed by atoms with Gasteiger partial charge in [0.05, 0.1) is 24.6 Å². The predicted molar refractivity (Wildman–Crippen MR) is 131 cm³/mol. The van der Waals surface area contributed by atoms with E-state index in [1.54, 1.807) is 0 Å². The highest BCUT2D eigenvalue weighted by atomic mass is 127. The number of halogens is 1. The molecule has 9 heteroatoms. The van der Waals surface area contributed by atoms with E-state index in [1.165, 1.54) is 4.31 Å². The molecule has 0 radical (unpaired) electrons. The average Bonchev–Trinajstić information content (AvgIpc) is 3.09. The molecule has 0 aromatic heterocycles. The molecule has 2 N–H and O–H groups in total. The molecule has 166 valence electrons. The summed E-state index contributed by atoms with van der Waals surface area (Å²) in [5.74, 6) is 1.27. The third-order valence-electron chi connectivity index (χ3n) is 4.52. The molecule has 1 aliphatic rings. The van der Waals surface area contributed by atoms with Crippen LogP contribution in [0, 0.1) is 5.92 Å². The first-order valence-electron chi connectivity index (χ1n) is 10.1. The smallest absolute Gasteiger partial charge is 0.236 e. The Kier molecular flexibility index (Phi) is 11.9. The highest BCUT2D eigenvalue weighted by Gasteiger charge is 2.28. The molecular weight excluding hydrogens is 503 g/mol. The van der Waals surface area contributed by atoms with Gasteiger partial charge >= 0.3 is 0 Å². The molecule has 0 saturated carbocycles. The molecule has 0 saturated heterocycles. The number of ether oxygens (including phenoxy) is 1. The maximum Gasteiger partial charge on any atom is 0.236 e. The van der Waals surface area contributed by atoms with E-state index in [-0.39, 0.29) is 29.7 Å². The van der Waals surface area contributed by atoms with Gasteiger partial charge < -0.3 is 15.4 Å². The molecule has 1 aromatic rings. The van der Waals surface area contributed by atoms with Gasteiger partial charge in [-0.25, -0.2) is 8.42 Å². The Morgan fingerprint density at radius 1 is 1.24 bits per heavy atom. The number of aliphatic imine (C=N–C) groups is 1. The van der Waals surface area contributed by atoms with Crippen molar-refractivity contribution in [1.82, 2.24) is 10.6 Å². The SMILES string of the molecule is CCNC(=NCCOCCC(C)C)NCCS(=O)(=O)N1CCc2ccccc21.I. The van der Waals surface area contributed by atoms with Gasteiger partial charge in [0.25, 0.3) is 0 Å². The van der Waals surface area contributed by atoms with Gasteiger partial charge in [-0.15, -0.1) is 24.0 Å². The molecule has 1 heterocycles. The molecule has 2 rings (SSSR count). The summed E-state index contributed by atoms with van der Waals surface area (Å²) in [6, 6.07) is 7.69. The van der Waals surface area contributed by atoms with Crippen molar-refractivity contribution in [3.8, 4) is 0 Å². The van der Waals surface area contributed by atoms with Crippen LogP contribution in [0.25, 0.3) is 0 Å². The van der Waals surface area contributed by atoms with Crippen molar-refractivity contribution in [3.05, 3.63) is 29.8 Å². The standard InChI is InChI=1S/C20H34N4O3S.HI/c1-4-21-20(22-11-15-27-14-10-17(2)3)23-12-16-28(25,26)24-13-9-18-7-5-6-8-19(18)24;/h5-8,17H,4,9-16H2,1-3H3,(H2,21,22,23);1H. The number of para-hydroxylation sites is 1. The fraction of sp³-hybridized carbons (Fsp3) is 0.650. The van der Waals surface area contributed by atoms with Crippen molar-refractivity contribution in [1.29, 1.82) is 0 Å². The summed E-state index contributed by atoms with van der Waals surface area (Å²) in [4.78, 5) is 4.44. The molecule has 0 amide bonds.